The molecule has 0 amide bonds. The lowest BCUT2D eigenvalue weighted by Gasteiger charge is -2.37. The monoisotopic (exact) mass is 288 g/mol. The summed E-state index contributed by atoms with van der Waals surface area (Å²) in [6.07, 6.45) is 8.47. The van der Waals surface area contributed by atoms with Crippen molar-refractivity contribution in [2.24, 2.45) is 7.05 Å². The van der Waals surface area contributed by atoms with Crippen LogP contribution in [0.4, 0.5) is 5.82 Å². The summed E-state index contributed by atoms with van der Waals surface area (Å²) in [5.74, 6) is 1.04. The van der Waals surface area contributed by atoms with Crippen molar-refractivity contribution in [3.8, 4) is 0 Å². The van der Waals surface area contributed by atoms with E-state index in [9.17, 15) is 0 Å². The van der Waals surface area contributed by atoms with Gasteiger partial charge in [-0.05, 0) is 32.2 Å². The molecule has 1 N–H and O–H groups in total. The first-order valence-electron chi connectivity index (χ1n) is 7.91. The van der Waals surface area contributed by atoms with E-state index < -0.39 is 0 Å². The molecule has 6 nitrogen and oxygen atoms in total. The van der Waals surface area contributed by atoms with E-state index in [1.54, 1.807) is 6.33 Å². The maximum Gasteiger partial charge on any atom is 0.163 e. The molecule has 1 atom stereocenters. The smallest absolute Gasteiger partial charge is 0.163 e. The Hall–Kier alpha value is -1.69. The number of fused-ring (bicyclic) bond motifs is 1. The van der Waals surface area contributed by atoms with E-state index in [0.717, 1.165) is 36.5 Å². The van der Waals surface area contributed by atoms with Crippen molar-refractivity contribution in [1.82, 2.24) is 25.1 Å². The van der Waals surface area contributed by atoms with Gasteiger partial charge < -0.3 is 10.2 Å². The van der Waals surface area contributed by atoms with E-state index in [1.807, 2.05) is 17.9 Å². The van der Waals surface area contributed by atoms with Crippen LogP contribution >= 0.6 is 0 Å². The van der Waals surface area contributed by atoms with Crippen LogP contribution < -0.4 is 10.2 Å². The Morgan fingerprint density at radius 3 is 3.10 bits per heavy atom. The summed E-state index contributed by atoms with van der Waals surface area (Å²) in [5, 5.41) is 8.93. The van der Waals surface area contributed by atoms with Crippen LogP contribution in [0.3, 0.4) is 0 Å². The highest BCUT2D eigenvalue weighted by atomic mass is 15.3. The normalized spacial score (nSPS) is 19.3. The van der Waals surface area contributed by atoms with Gasteiger partial charge in [-0.2, -0.15) is 5.10 Å². The average Bonchev–Trinajstić information content (AvgIpc) is 2.90. The fourth-order valence-corrected chi connectivity index (χ4v) is 3.12. The first kappa shape index (κ1) is 14.3. The quantitative estimate of drug-likeness (QED) is 0.849. The third-order valence-corrected chi connectivity index (χ3v) is 4.21. The highest BCUT2D eigenvalue weighted by molar-refractivity contribution is 5.86. The van der Waals surface area contributed by atoms with Crippen LogP contribution in [0.5, 0.6) is 0 Å². The third kappa shape index (κ3) is 2.85. The van der Waals surface area contributed by atoms with Crippen molar-refractivity contribution in [1.29, 1.82) is 0 Å². The second kappa shape index (κ2) is 6.39. The van der Waals surface area contributed by atoms with Crippen LogP contribution in [0, 0.1) is 0 Å². The fraction of sp³-hybridized carbons (Fsp3) is 0.667. The zero-order chi connectivity index (χ0) is 14.7. The zero-order valence-corrected chi connectivity index (χ0v) is 12.9. The largest absolute Gasteiger partial charge is 0.352 e. The van der Waals surface area contributed by atoms with Crippen molar-refractivity contribution < 1.29 is 0 Å². The molecule has 1 unspecified atom stereocenters. The van der Waals surface area contributed by atoms with Crippen molar-refractivity contribution in [2.75, 3.05) is 24.5 Å². The Labute approximate surface area is 125 Å². The molecule has 0 saturated carbocycles. The number of aryl methyl sites for hydroxylation is 1. The van der Waals surface area contributed by atoms with Gasteiger partial charge in [0.25, 0.3) is 0 Å². The molecule has 6 heteroatoms. The predicted molar refractivity (Wildman–Crippen MR) is 84.4 cm³/mol. The van der Waals surface area contributed by atoms with E-state index in [0.29, 0.717) is 6.04 Å². The lowest BCUT2D eigenvalue weighted by atomic mass is 10.0. The highest BCUT2D eigenvalue weighted by Crippen LogP contribution is 2.28. The molecule has 0 bridgehead atoms. The van der Waals surface area contributed by atoms with Crippen molar-refractivity contribution in [2.45, 2.75) is 38.6 Å². The number of anilines is 1. The summed E-state index contributed by atoms with van der Waals surface area (Å²) in [7, 11) is 1.93. The molecule has 1 fully saturated rings. The van der Waals surface area contributed by atoms with Crippen LogP contribution in [0.1, 0.15) is 32.6 Å². The van der Waals surface area contributed by atoms with Gasteiger partial charge in [-0.3, -0.25) is 4.68 Å². The molecule has 114 valence electrons. The van der Waals surface area contributed by atoms with E-state index >= 15 is 0 Å². The average molecular weight is 288 g/mol. The number of rotatable bonds is 5. The van der Waals surface area contributed by atoms with Crippen LogP contribution in [0.25, 0.3) is 11.0 Å². The Balaban J connectivity index is 1.87. The van der Waals surface area contributed by atoms with Gasteiger partial charge in [0, 0.05) is 26.2 Å². The van der Waals surface area contributed by atoms with E-state index in [2.05, 4.69) is 32.2 Å². The van der Waals surface area contributed by atoms with Gasteiger partial charge in [0.1, 0.15) is 12.1 Å². The molecule has 2 aromatic rings. The van der Waals surface area contributed by atoms with Crippen molar-refractivity contribution >= 4 is 16.9 Å². The summed E-state index contributed by atoms with van der Waals surface area (Å²) >= 11 is 0. The predicted octanol–water partition coefficient (Wildman–Crippen LogP) is 1.72. The molecule has 2 aromatic heterocycles. The van der Waals surface area contributed by atoms with Crippen molar-refractivity contribution in [3.05, 3.63) is 12.5 Å². The van der Waals surface area contributed by atoms with Crippen molar-refractivity contribution in [3.63, 3.8) is 0 Å². The second-order valence-corrected chi connectivity index (χ2v) is 5.75. The minimum Gasteiger partial charge on any atom is -0.352 e. The second-order valence-electron chi connectivity index (χ2n) is 5.75. The molecular formula is C15H24N6. The summed E-state index contributed by atoms with van der Waals surface area (Å²) in [4.78, 5) is 11.3. The Morgan fingerprint density at radius 2 is 2.24 bits per heavy atom. The lowest BCUT2D eigenvalue weighted by molar-refractivity contribution is 0.434. The van der Waals surface area contributed by atoms with E-state index in [1.165, 1.54) is 25.7 Å². The Kier molecular flexibility index (Phi) is 4.34. The lowest BCUT2D eigenvalue weighted by Crippen LogP contribution is -2.46. The zero-order valence-electron chi connectivity index (χ0n) is 12.9. The molecule has 21 heavy (non-hydrogen) atoms. The first-order valence-corrected chi connectivity index (χ1v) is 7.91. The molecule has 1 saturated heterocycles. The van der Waals surface area contributed by atoms with Crippen LogP contribution in [-0.4, -0.2) is 45.4 Å². The van der Waals surface area contributed by atoms with Crippen LogP contribution in [0.2, 0.25) is 0 Å². The van der Waals surface area contributed by atoms with E-state index in [-0.39, 0.29) is 0 Å². The van der Waals surface area contributed by atoms with Gasteiger partial charge in [0.15, 0.2) is 5.65 Å². The van der Waals surface area contributed by atoms with Gasteiger partial charge in [0.05, 0.1) is 11.6 Å². The number of aromatic nitrogens is 4. The highest BCUT2D eigenvalue weighted by Gasteiger charge is 2.25. The topological polar surface area (TPSA) is 58.9 Å². The molecule has 0 aromatic carbocycles. The van der Waals surface area contributed by atoms with Crippen LogP contribution in [-0.2, 0) is 7.05 Å². The molecule has 0 aliphatic carbocycles. The standard InChI is InChI=1S/C15H24N6/c1-3-7-16-9-12-6-4-5-8-21(12)15-13-10-19-20(2)14(13)17-11-18-15/h10-12,16H,3-9H2,1-2H3. The van der Waals surface area contributed by atoms with E-state index in [4.69, 9.17) is 0 Å². The molecule has 0 radical (unpaired) electrons. The molecule has 1 aliphatic rings. The number of hydrogen-bond donors (Lipinski definition) is 1. The molecule has 0 spiro atoms. The third-order valence-electron chi connectivity index (χ3n) is 4.21. The maximum atomic E-state index is 4.56. The minimum atomic E-state index is 0.517. The molecular weight excluding hydrogens is 264 g/mol. The van der Waals surface area contributed by atoms with Gasteiger partial charge in [0.2, 0.25) is 0 Å². The number of nitrogens with zero attached hydrogens (tertiary/aromatic N) is 5. The Morgan fingerprint density at radius 1 is 1.33 bits per heavy atom. The molecule has 1 aliphatic heterocycles. The number of hydrogen-bond acceptors (Lipinski definition) is 5. The van der Waals surface area contributed by atoms with Gasteiger partial charge in [-0.1, -0.05) is 6.92 Å². The summed E-state index contributed by atoms with van der Waals surface area (Å²) in [6.45, 7) is 5.38. The Bertz CT molecular complexity index is 593. The molecule has 3 rings (SSSR count). The SMILES string of the molecule is CCCNCC1CCCCN1c1ncnc2c1cnn2C. The maximum absolute atomic E-state index is 4.56. The summed E-state index contributed by atoms with van der Waals surface area (Å²) in [6, 6.07) is 0.517. The number of piperidine rings is 1. The minimum absolute atomic E-state index is 0.517. The van der Waals surface area contributed by atoms with Gasteiger partial charge >= 0.3 is 0 Å². The first-order chi connectivity index (χ1) is 10.3. The van der Waals surface area contributed by atoms with Crippen LogP contribution in [0.15, 0.2) is 12.5 Å². The molecule has 3 heterocycles. The number of nitrogens with one attached hydrogen (secondary N) is 1. The summed E-state index contributed by atoms with van der Waals surface area (Å²) < 4.78 is 1.81. The van der Waals surface area contributed by atoms with Gasteiger partial charge in [-0.25, -0.2) is 9.97 Å². The van der Waals surface area contributed by atoms with Gasteiger partial charge in [-0.15, -0.1) is 0 Å². The fourth-order valence-electron chi connectivity index (χ4n) is 3.12. The summed E-state index contributed by atoms with van der Waals surface area (Å²) in [5.41, 5.74) is 0.908.